The Morgan fingerprint density at radius 3 is 2.81 bits per heavy atom. The molecule has 2 rings (SSSR count). The Morgan fingerprint density at radius 1 is 1.31 bits per heavy atom. The fourth-order valence-corrected chi connectivity index (χ4v) is 2.06. The topological polar surface area (TPSA) is 49.8 Å². The number of hydrogen-bond donors (Lipinski definition) is 2. The maximum Gasteiger partial charge on any atom is 0.155 e. The molecule has 1 aromatic heterocycles. The van der Waals surface area contributed by atoms with E-state index in [1.54, 1.807) is 0 Å². The van der Waals surface area contributed by atoms with Crippen LogP contribution < -0.4 is 10.6 Å². The van der Waals surface area contributed by atoms with E-state index < -0.39 is 0 Å². The Bertz CT molecular complexity index is 374. The van der Waals surface area contributed by atoms with Crippen LogP contribution in [0.3, 0.4) is 0 Å². The molecule has 1 fully saturated rings. The first-order valence-electron chi connectivity index (χ1n) is 5.65. The molecule has 0 radical (unpaired) electrons. The summed E-state index contributed by atoms with van der Waals surface area (Å²) in [5.41, 5.74) is 2.09. The van der Waals surface area contributed by atoms with E-state index in [9.17, 15) is 0 Å². The number of nitrogens with one attached hydrogen (secondary N) is 2. The fraction of sp³-hybridized carbons (Fsp3) is 0.636. The number of rotatable bonds is 2. The molecule has 1 aliphatic rings. The lowest BCUT2D eigenvalue weighted by Gasteiger charge is -2.25. The normalized spacial score (nSPS) is 20.8. The number of halogens is 1. The van der Waals surface area contributed by atoms with Crippen LogP contribution in [-0.2, 0) is 0 Å². The van der Waals surface area contributed by atoms with Gasteiger partial charge >= 0.3 is 0 Å². The maximum absolute atomic E-state index is 5.91. The third kappa shape index (κ3) is 2.44. The van der Waals surface area contributed by atoms with Crippen molar-refractivity contribution in [2.45, 2.75) is 32.7 Å². The summed E-state index contributed by atoms with van der Waals surface area (Å²) < 4.78 is 0. The minimum Gasteiger partial charge on any atom is -0.364 e. The molecule has 2 heterocycles. The summed E-state index contributed by atoms with van der Waals surface area (Å²) >= 11 is 5.91. The van der Waals surface area contributed by atoms with Gasteiger partial charge in [0.25, 0.3) is 0 Å². The lowest BCUT2D eigenvalue weighted by atomic mass is 10.1. The van der Waals surface area contributed by atoms with Crippen LogP contribution in [-0.4, -0.2) is 29.3 Å². The van der Waals surface area contributed by atoms with Gasteiger partial charge in [-0.05, 0) is 44.4 Å². The molecule has 1 aliphatic heterocycles. The van der Waals surface area contributed by atoms with Crippen LogP contribution in [0.4, 0.5) is 5.82 Å². The fourth-order valence-electron chi connectivity index (χ4n) is 1.88. The van der Waals surface area contributed by atoms with Crippen molar-refractivity contribution in [2.75, 3.05) is 18.4 Å². The highest BCUT2D eigenvalue weighted by molar-refractivity contribution is 6.30. The van der Waals surface area contributed by atoms with Crippen LogP contribution in [0.25, 0.3) is 0 Å². The van der Waals surface area contributed by atoms with Gasteiger partial charge in [-0.1, -0.05) is 11.6 Å². The van der Waals surface area contributed by atoms with Gasteiger partial charge in [0.2, 0.25) is 0 Å². The molecule has 0 aromatic carbocycles. The molecule has 1 saturated heterocycles. The predicted octanol–water partition coefficient (Wildman–Crippen LogP) is 1.91. The quantitative estimate of drug-likeness (QED) is 0.829. The molecule has 0 amide bonds. The van der Waals surface area contributed by atoms with Gasteiger partial charge in [0.15, 0.2) is 11.0 Å². The Kier molecular flexibility index (Phi) is 3.61. The van der Waals surface area contributed by atoms with E-state index in [1.807, 2.05) is 13.8 Å². The SMILES string of the molecule is Cc1c(Cl)nnc(N[C@@H]2CCCNC2)c1C. The number of nitrogens with zero attached hydrogens (tertiary/aromatic N) is 2. The first kappa shape index (κ1) is 11.6. The summed E-state index contributed by atoms with van der Waals surface area (Å²) in [7, 11) is 0. The Balaban J connectivity index is 2.11. The van der Waals surface area contributed by atoms with Gasteiger partial charge in [-0.25, -0.2) is 0 Å². The standard InChI is InChI=1S/C11H17ClN4/c1-7-8(2)11(16-15-10(7)12)14-9-4-3-5-13-6-9/h9,13H,3-6H2,1-2H3,(H,14,16)/t9-/m1/s1. The first-order valence-corrected chi connectivity index (χ1v) is 6.03. The highest BCUT2D eigenvalue weighted by Crippen LogP contribution is 2.21. The average molecular weight is 241 g/mol. The minimum absolute atomic E-state index is 0.447. The van der Waals surface area contributed by atoms with Crippen LogP contribution in [0.5, 0.6) is 0 Å². The smallest absolute Gasteiger partial charge is 0.155 e. The number of anilines is 1. The monoisotopic (exact) mass is 240 g/mol. The van der Waals surface area contributed by atoms with E-state index in [1.165, 1.54) is 12.8 Å². The van der Waals surface area contributed by atoms with Gasteiger partial charge in [-0.15, -0.1) is 10.2 Å². The summed E-state index contributed by atoms with van der Waals surface area (Å²) in [5, 5.41) is 15.3. The van der Waals surface area contributed by atoms with Crippen LogP contribution >= 0.6 is 11.6 Å². The highest BCUT2D eigenvalue weighted by atomic mass is 35.5. The van der Waals surface area contributed by atoms with Crippen LogP contribution in [0, 0.1) is 13.8 Å². The minimum atomic E-state index is 0.447. The molecule has 88 valence electrons. The van der Waals surface area contributed by atoms with Crippen LogP contribution in [0.15, 0.2) is 0 Å². The first-order chi connectivity index (χ1) is 7.68. The Morgan fingerprint density at radius 2 is 2.12 bits per heavy atom. The maximum atomic E-state index is 5.91. The summed E-state index contributed by atoms with van der Waals surface area (Å²) in [6.45, 7) is 6.09. The van der Waals surface area contributed by atoms with Crippen molar-refractivity contribution in [1.29, 1.82) is 0 Å². The van der Waals surface area contributed by atoms with E-state index in [2.05, 4.69) is 20.8 Å². The molecule has 2 N–H and O–H groups in total. The molecule has 0 unspecified atom stereocenters. The molecule has 0 bridgehead atoms. The molecule has 0 spiro atoms. The summed E-state index contributed by atoms with van der Waals surface area (Å²) in [6, 6.07) is 0.447. The second kappa shape index (κ2) is 4.97. The van der Waals surface area contributed by atoms with E-state index >= 15 is 0 Å². The lowest BCUT2D eigenvalue weighted by molar-refractivity contribution is 0.478. The Labute approximate surface area is 101 Å². The molecular weight excluding hydrogens is 224 g/mol. The zero-order valence-electron chi connectivity index (χ0n) is 9.68. The van der Waals surface area contributed by atoms with Crippen molar-refractivity contribution >= 4 is 17.4 Å². The molecular formula is C11H17ClN4. The van der Waals surface area contributed by atoms with Gasteiger partial charge < -0.3 is 10.6 Å². The molecule has 1 atom stereocenters. The Hall–Kier alpha value is -0.870. The average Bonchev–Trinajstić information content (AvgIpc) is 2.31. The second-order valence-corrected chi connectivity index (χ2v) is 4.64. The van der Waals surface area contributed by atoms with Gasteiger partial charge in [0.1, 0.15) is 0 Å². The zero-order chi connectivity index (χ0) is 11.5. The van der Waals surface area contributed by atoms with Gasteiger partial charge in [0.05, 0.1) is 0 Å². The number of piperidine rings is 1. The van der Waals surface area contributed by atoms with Gasteiger partial charge in [0, 0.05) is 12.6 Å². The summed E-state index contributed by atoms with van der Waals surface area (Å²) in [4.78, 5) is 0. The largest absolute Gasteiger partial charge is 0.364 e. The second-order valence-electron chi connectivity index (χ2n) is 4.28. The zero-order valence-corrected chi connectivity index (χ0v) is 10.4. The third-order valence-corrected chi connectivity index (χ3v) is 3.46. The van der Waals surface area contributed by atoms with Crippen molar-refractivity contribution in [1.82, 2.24) is 15.5 Å². The molecule has 0 aliphatic carbocycles. The molecule has 16 heavy (non-hydrogen) atoms. The van der Waals surface area contributed by atoms with Crippen molar-refractivity contribution in [2.24, 2.45) is 0 Å². The summed E-state index contributed by atoms with van der Waals surface area (Å²) in [6.07, 6.45) is 2.38. The van der Waals surface area contributed by atoms with E-state index in [-0.39, 0.29) is 0 Å². The molecule has 0 saturated carbocycles. The highest BCUT2D eigenvalue weighted by Gasteiger charge is 2.15. The lowest BCUT2D eigenvalue weighted by Crippen LogP contribution is -2.38. The van der Waals surface area contributed by atoms with Gasteiger partial charge in [-0.2, -0.15) is 0 Å². The molecule has 1 aromatic rings. The summed E-state index contributed by atoms with van der Waals surface area (Å²) in [5.74, 6) is 0.857. The van der Waals surface area contributed by atoms with E-state index in [0.717, 1.165) is 30.0 Å². The van der Waals surface area contributed by atoms with Gasteiger partial charge in [-0.3, -0.25) is 0 Å². The van der Waals surface area contributed by atoms with E-state index in [0.29, 0.717) is 11.2 Å². The molecule has 5 heteroatoms. The van der Waals surface area contributed by atoms with Crippen molar-refractivity contribution < 1.29 is 0 Å². The van der Waals surface area contributed by atoms with Crippen LogP contribution in [0.1, 0.15) is 24.0 Å². The molecule has 4 nitrogen and oxygen atoms in total. The van der Waals surface area contributed by atoms with E-state index in [4.69, 9.17) is 11.6 Å². The van der Waals surface area contributed by atoms with Crippen molar-refractivity contribution in [3.8, 4) is 0 Å². The van der Waals surface area contributed by atoms with Crippen molar-refractivity contribution in [3.63, 3.8) is 0 Å². The van der Waals surface area contributed by atoms with Crippen molar-refractivity contribution in [3.05, 3.63) is 16.3 Å². The third-order valence-electron chi connectivity index (χ3n) is 3.10. The van der Waals surface area contributed by atoms with Crippen LogP contribution in [0.2, 0.25) is 5.15 Å². The predicted molar refractivity (Wildman–Crippen MR) is 66.0 cm³/mol. The number of hydrogen-bond acceptors (Lipinski definition) is 4. The number of aromatic nitrogens is 2.